The molecule has 0 unspecified atom stereocenters. The zero-order valence-corrected chi connectivity index (χ0v) is 24.8. The number of hydrogen-bond acceptors (Lipinski definition) is 7. The van der Waals surface area contributed by atoms with Crippen LogP contribution in [0.3, 0.4) is 0 Å². The highest BCUT2D eigenvalue weighted by Gasteiger charge is 2.03. The predicted octanol–water partition coefficient (Wildman–Crippen LogP) is 7.96. The van der Waals surface area contributed by atoms with Crippen LogP contribution in [-0.2, 0) is 10.1 Å². The van der Waals surface area contributed by atoms with Gasteiger partial charge in [-0.25, -0.2) is 18.4 Å². The Kier molecular flexibility index (Phi) is 9.85. The lowest BCUT2D eigenvalue weighted by atomic mass is 10.1. The Hall–Kier alpha value is -4.79. The Labute approximate surface area is 247 Å². The molecule has 0 aromatic heterocycles. The number of nitrogens with one attached hydrogen (secondary N) is 2. The van der Waals surface area contributed by atoms with Crippen molar-refractivity contribution in [2.45, 2.75) is 25.7 Å². The number of rotatable bonds is 6. The van der Waals surface area contributed by atoms with Crippen molar-refractivity contribution in [1.82, 2.24) is 0 Å². The van der Waals surface area contributed by atoms with Crippen molar-refractivity contribution in [3.8, 4) is 0 Å². The van der Waals surface area contributed by atoms with Gasteiger partial charge in [0.05, 0.1) is 27.7 Å². The predicted molar refractivity (Wildman–Crippen MR) is 173 cm³/mol. The topological polar surface area (TPSA) is 106 Å². The molecular formula is C34H33N4O3S-. The highest BCUT2D eigenvalue weighted by Crippen LogP contribution is 2.22. The molecule has 2 N–H and O–H groups in total. The summed E-state index contributed by atoms with van der Waals surface area (Å²) in [6.45, 7) is 5.70. The number of anilines is 3. The summed E-state index contributed by atoms with van der Waals surface area (Å²) in [7, 11) is -2.38. The summed E-state index contributed by atoms with van der Waals surface area (Å²) in [6, 6.07) is 28.8. The first-order valence-electron chi connectivity index (χ1n) is 13.4. The van der Waals surface area contributed by atoms with Gasteiger partial charge in [-0.2, -0.15) is 0 Å². The van der Waals surface area contributed by atoms with Crippen LogP contribution in [0.1, 0.15) is 16.7 Å². The Morgan fingerprint density at radius 1 is 0.595 bits per heavy atom. The number of aliphatic imine (C=N–C) groups is 2. The van der Waals surface area contributed by atoms with Crippen LogP contribution in [0.5, 0.6) is 0 Å². The normalized spacial score (nSPS) is 12.3. The average Bonchev–Trinajstić information content (AvgIpc) is 2.98. The molecule has 0 amide bonds. The smallest absolute Gasteiger partial charge is 0.124 e. The van der Waals surface area contributed by atoms with Crippen LogP contribution in [0.15, 0.2) is 130 Å². The van der Waals surface area contributed by atoms with Gasteiger partial charge in [-0.3, -0.25) is 0 Å². The molecule has 0 fully saturated rings. The Morgan fingerprint density at radius 3 is 1.50 bits per heavy atom. The number of nitrogens with zero attached hydrogens (tertiary/aromatic N) is 2. The van der Waals surface area contributed by atoms with E-state index >= 15 is 0 Å². The fourth-order valence-corrected chi connectivity index (χ4v) is 4.45. The van der Waals surface area contributed by atoms with Crippen molar-refractivity contribution in [3.05, 3.63) is 132 Å². The lowest BCUT2D eigenvalue weighted by molar-refractivity contribution is 0.463. The second-order valence-corrected chi connectivity index (χ2v) is 11.2. The third-order valence-corrected chi connectivity index (χ3v) is 7.33. The van der Waals surface area contributed by atoms with Gasteiger partial charge < -0.3 is 15.2 Å². The zero-order chi connectivity index (χ0) is 30.1. The summed E-state index contributed by atoms with van der Waals surface area (Å²) in [5.41, 5.74) is 9.87. The molecule has 4 aromatic rings. The summed E-state index contributed by atoms with van der Waals surface area (Å²) < 4.78 is 31.6. The average molecular weight is 578 g/mol. The van der Waals surface area contributed by atoms with Gasteiger partial charge >= 0.3 is 0 Å². The molecule has 214 valence electrons. The molecule has 1 aliphatic rings. The molecule has 5 rings (SSSR count). The van der Waals surface area contributed by atoms with E-state index in [-0.39, 0.29) is 4.90 Å². The monoisotopic (exact) mass is 577 g/mol. The molecule has 0 saturated carbocycles. The maximum absolute atomic E-state index is 10.5. The zero-order valence-electron chi connectivity index (χ0n) is 24.0. The van der Waals surface area contributed by atoms with Gasteiger partial charge in [0.1, 0.15) is 10.1 Å². The van der Waals surface area contributed by atoms with Crippen LogP contribution in [0.4, 0.5) is 28.4 Å². The minimum atomic E-state index is -4.29. The van der Waals surface area contributed by atoms with Crippen LogP contribution >= 0.6 is 0 Å². The molecule has 0 atom stereocenters. The van der Waals surface area contributed by atoms with E-state index in [0.717, 1.165) is 51.0 Å². The van der Waals surface area contributed by atoms with Crippen molar-refractivity contribution in [2.24, 2.45) is 9.98 Å². The highest BCUT2D eigenvalue weighted by atomic mass is 32.2. The largest absolute Gasteiger partial charge is 0.744 e. The molecule has 0 bridgehead atoms. The van der Waals surface area contributed by atoms with Crippen LogP contribution in [0, 0.1) is 20.8 Å². The minimum absolute atomic E-state index is 0.161. The van der Waals surface area contributed by atoms with Crippen LogP contribution < -0.4 is 10.6 Å². The van der Waals surface area contributed by atoms with Crippen LogP contribution in [0.25, 0.3) is 0 Å². The van der Waals surface area contributed by atoms with E-state index in [2.05, 4.69) is 34.7 Å². The number of aryl methyl sites for hydroxylation is 3. The molecule has 7 nitrogen and oxygen atoms in total. The summed E-state index contributed by atoms with van der Waals surface area (Å²) >= 11 is 0. The maximum atomic E-state index is 10.5. The Morgan fingerprint density at radius 2 is 1.05 bits per heavy atom. The van der Waals surface area contributed by atoms with Crippen LogP contribution in [-0.4, -0.2) is 31.4 Å². The molecule has 1 aliphatic carbocycles. The molecule has 0 saturated heterocycles. The second-order valence-electron chi connectivity index (χ2n) is 9.77. The van der Waals surface area contributed by atoms with Gasteiger partial charge in [-0.1, -0.05) is 23.8 Å². The van der Waals surface area contributed by atoms with Gasteiger partial charge in [-0.15, -0.1) is 0 Å². The number of hydrogen-bond donors (Lipinski definition) is 2. The third kappa shape index (κ3) is 8.86. The van der Waals surface area contributed by atoms with Gasteiger partial charge in [-0.05, 0) is 129 Å². The summed E-state index contributed by atoms with van der Waals surface area (Å²) in [5, 5.41) is 6.52. The first kappa shape index (κ1) is 30.2. The van der Waals surface area contributed by atoms with E-state index in [1.165, 1.54) is 17.7 Å². The van der Waals surface area contributed by atoms with Crippen molar-refractivity contribution in [3.63, 3.8) is 0 Å². The lowest BCUT2D eigenvalue weighted by Gasteiger charge is -2.08. The van der Waals surface area contributed by atoms with Gasteiger partial charge in [0.15, 0.2) is 0 Å². The van der Waals surface area contributed by atoms with E-state index in [0.29, 0.717) is 0 Å². The Balaban J connectivity index is 0.000000283. The molecular weight excluding hydrogens is 544 g/mol. The number of benzene rings is 4. The minimum Gasteiger partial charge on any atom is -0.744 e. The van der Waals surface area contributed by atoms with Gasteiger partial charge in [0.2, 0.25) is 0 Å². The maximum Gasteiger partial charge on any atom is 0.124 e. The van der Waals surface area contributed by atoms with Crippen molar-refractivity contribution in [1.29, 1.82) is 0 Å². The highest BCUT2D eigenvalue weighted by molar-refractivity contribution is 7.85. The fraction of sp³-hybridized carbons (Fsp3) is 0.118. The van der Waals surface area contributed by atoms with Crippen molar-refractivity contribution >= 4 is 50.0 Å². The lowest BCUT2D eigenvalue weighted by Crippen LogP contribution is -1.99. The third-order valence-electron chi connectivity index (χ3n) is 6.50. The summed E-state index contributed by atoms with van der Waals surface area (Å²) in [6.07, 6.45) is 7.96. The van der Waals surface area contributed by atoms with E-state index < -0.39 is 10.1 Å². The first-order valence-corrected chi connectivity index (χ1v) is 14.8. The van der Waals surface area contributed by atoms with Gasteiger partial charge in [0.25, 0.3) is 0 Å². The van der Waals surface area contributed by atoms with E-state index in [4.69, 9.17) is 4.99 Å². The first-order chi connectivity index (χ1) is 20.1. The molecule has 0 spiro atoms. The van der Waals surface area contributed by atoms with Crippen molar-refractivity contribution in [2.75, 3.05) is 17.7 Å². The SMILES string of the molecule is CNc1ccc(Nc2ccc(N=C3C=CC(=Nc4ccc(C)cc4)C=C3)cc2)cc1.Cc1ccc(S(=O)(=O)[O-])cc1C. The summed E-state index contributed by atoms with van der Waals surface area (Å²) in [4.78, 5) is 9.17. The summed E-state index contributed by atoms with van der Waals surface area (Å²) in [5.74, 6) is 0. The second kappa shape index (κ2) is 13.7. The Bertz CT molecular complexity index is 1740. The van der Waals surface area contributed by atoms with E-state index in [9.17, 15) is 13.0 Å². The number of allylic oxidation sites excluding steroid dienone is 4. The van der Waals surface area contributed by atoms with Crippen molar-refractivity contribution < 1.29 is 13.0 Å². The standard InChI is InChI=1S/C26H24N4.C8H10O3S/c1-19-3-5-21(6-4-19)28-23-11-13-25(14-12-23)30-26-17-15-24(16-18-26)29-22-9-7-20(27-2)8-10-22;1-6-3-4-8(5-7(6)2)12(9,10)11/h3-18,27,29H,1-2H3;3-5H,1-2H3,(H,9,10,11)/p-1. The molecule has 4 aromatic carbocycles. The van der Waals surface area contributed by atoms with Gasteiger partial charge in [0, 0.05) is 24.1 Å². The van der Waals surface area contributed by atoms with Crippen LogP contribution in [0.2, 0.25) is 0 Å². The quantitative estimate of drug-likeness (QED) is 0.179. The van der Waals surface area contributed by atoms with E-state index in [1.807, 2.05) is 98.9 Å². The van der Waals surface area contributed by atoms with E-state index in [1.54, 1.807) is 13.0 Å². The molecule has 8 heteroatoms. The molecule has 0 heterocycles. The molecule has 0 aliphatic heterocycles. The fourth-order valence-electron chi connectivity index (χ4n) is 3.89. The molecule has 42 heavy (non-hydrogen) atoms. The molecule has 0 radical (unpaired) electrons.